The first-order valence-corrected chi connectivity index (χ1v) is 9.98. The number of hydrogen-bond donors (Lipinski definition) is 2. The van der Waals surface area contributed by atoms with Crippen molar-refractivity contribution >= 4 is 5.91 Å². The molecule has 1 aliphatic heterocycles. The number of quaternary nitrogens is 1. The van der Waals surface area contributed by atoms with Gasteiger partial charge in [-0.05, 0) is 37.3 Å². The summed E-state index contributed by atoms with van der Waals surface area (Å²) in [5, 5.41) is 3.18. The Bertz CT molecular complexity index is 632. The van der Waals surface area contributed by atoms with Gasteiger partial charge in [0.15, 0.2) is 0 Å². The molecule has 0 aromatic heterocycles. The van der Waals surface area contributed by atoms with Crippen LogP contribution >= 0.6 is 0 Å². The van der Waals surface area contributed by atoms with Gasteiger partial charge in [0.05, 0.1) is 25.0 Å². The van der Waals surface area contributed by atoms with Crippen molar-refractivity contribution in [3.8, 4) is 0 Å². The molecule has 1 unspecified atom stereocenters. The summed E-state index contributed by atoms with van der Waals surface area (Å²) in [6.45, 7) is 5.55. The van der Waals surface area contributed by atoms with E-state index in [0.29, 0.717) is 0 Å². The van der Waals surface area contributed by atoms with Crippen LogP contribution in [-0.4, -0.2) is 31.6 Å². The second-order valence-electron chi connectivity index (χ2n) is 7.45. The molecule has 2 N–H and O–H groups in total. The van der Waals surface area contributed by atoms with E-state index in [1.807, 2.05) is 60.7 Å². The molecule has 2 aromatic rings. The van der Waals surface area contributed by atoms with Gasteiger partial charge in [0.25, 0.3) is 0 Å². The van der Waals surface area contributed by atoms with E-state index in [2.05, 4.69) is 12.2 Å². The third-order valence-corrected chi connectivity index (χ3v) is 5.58. The molecule has 138 valence electrons. The molecule has 1 aliphatic rings. The molecule has 26 heavy (non-hydrogen) atoms. The Morgan fingerprint density at radius 1 is 1.04 bits per heavy atom. The van der Waals surface area contributed by atoms with Crippen LogP contribution in [0.3, 0.4) is 0 Å². The molecule has 0 aliphatic carbocycles. The predicted molar refractivity (Wildman–Crippen MR) is 106 cm³/mol. The van der Waals surface area contributed by atoms with Gasteiger partial charge in [0, 0.05) is 13.0 Å². The standard InChI is InChI=1S/C23H30N2O/c1-19-11-8-9-17-25(19)18-10-16-24-23(26)22(20-12-4-2-5-13-20)21-14-6-3-7-15-21/h2-7,12-15,19,22H,8-11,16-18H2,1H3,(H,24,26)/p+1/t19-/m0/s1. The quantitative estimate of drug-likeness (QED) is 0.739. The summed E-state index contributed by atoms with van der Waals surface area (Å²) in [6.07, 6.45) is 5.10. The molecule has 1 heterocycles. The van der Waals surface area contributed by atoms with Crippen molar-refractivity contribution in [2.24, 2.45) is 0 Å². The third-order valence-electron chi connectivity index (χ3n) is 5.58. The minimum atomic E-state index is -0.237. The molecule has 1 amide bonds. The average Bonchev–Trinajstić information content (AvgIpc) is 2.68. The summed E-state index contributed by atoms with van der Waals surface area (Å²) >= 11 is 0. The van der Waals surface area contributed by atoms with E-state index in [1.165, 1.54) is 25.8 Å². The Morgan fingerprint density at radius 3 is 2.23 bits per heavy atom. The highest BCUT2D eigenvalue weighted by atomic mass is 16.1. The van der Waals surface area contributed by atoms with E-state index >= 15 is 0 Å². The van der Waals surface area contributed by atoms with Crippen LogP contribution in [0.15, 0.2) is 60.7 Å². The van der Waals surface area contributed by atoms with Gasteiger partial charge >= 0.3 is 0 Å². The van der Waals surface area contributed by atoms with Gasteiger partial charge in [-0.15, -0.1) is 0 Å². The van der Waals surface area contributed by atoms with Gasteiger partial charge in [0.1, 0.15) is 0 Å². The molecule has 3 nitrogen and oxygen atoms in total. The average molecular weight is 352 g/mol. The van der Waals surface area contributed by atoms with E-state index in [1.54, 1.807) is 4.90 Å². The summed E-state index contributed by atoms with van der Waals surface area (Å²) in [4.78, 5) is 14.6. The molecule has 0 saturated carbocycles. The number of piperidine rings is 1. The number of likely N-dealkylation sites (tertiary alicyclic amines) is 1. The molecule has 3 rings (SSSR count). The maximum absolute atomic E-state index is 12.9. The van der Waals surface area contributed by atoms with E-state index in [4.69, 9.17) is 0 Å². The molecular formula is C23H31N2O+. The van der Waals surface area contributed by atoms with Gasteiger partial charge in [-0.3, -0.25) is 4.79 Å². The Kier molecular flexibility index (Phi) is 6.84. The van der Waals surface area contributed by atoms with E-state index < -0.39 is 0 Å². The molecule has 0 radical (unpaired) electrons. The highest BCUT2D eigenvalue weighted by Gasteiger charge is 2.23. The van der Waals surface area contributed by atoms with Crippen molar-refractivity contribution in [3.63, 3.8) is 0 Å². The summed E-state index contributed by atoms with van der Waals surface area (Å²) in [7, 11) is 0. The lowest BCUT2D eigenvalue weighted by Gasteiger charge is -2.30. The zero-order chi connectivity index (χ0) is 18.2. The summed E-state index contributed by atoms with van der Waals surface area (Å²) in [5.41, 5.74) is 2.10. The molecule has 3 heteroatoms. The molecule has 2 atom stereocenters. The van der Waals surface area contributed by atoms with Gasteiger partial charge in [-0.25, -0.2) is 0 Å². The zero-order valence-corrected chi connectivity index (χ0v) is 15.8. The second-order valence-corrected chi connectivity index (χ2v) is 7.45. The number of hydrogen-bond acceptors (Lipinski definition) is 1. The molecule has 0 spiro atoms. The van der Waals surface area contributed by atoms with Gasteiger partial charge in [-0.2, -0.15) is 0 Å². The lowest BCUT2D eigenvalue weighted by molar-refractivity contribution is -0.928. The Balaban J connectivity index is 1.58. The van der Waals surface area contributed by atoms with Crippen molar-refractivity contribution in [2.75, 3.05) is 19.6 Å². The molecule has 0 bridgehead atoms. The zero-order valence-electron chi connectivity index (χ0n) is 15.8. The number of benzene rings is 2. The minimum absolute atomic E-state index is 0.101. The van der Waals surface area contributed by atoms with Crippen LogP contribution in [-0.2, 0) is 4.79 Å². The Labute approximate surface area is 157 Å². The first-order chi connectivity index (χ1) is 12.8. The van der Waals surface area contributed by atoms with Gasteiger partial charge in [0.2, 0.25) is 5.91 Å². The van der Waals surface area contributed by atoms with Crippen molar-refractivity contribution < 1.29 is 9.69 Å². The van der Waals surface area contributed by atoms with E-state index in [9.17, 15) is 4.79 Å². The first kappa shape index (κ1) is 18.7. The monoisotopic (exact) mass is 351 g/mol. The first-order valence-electron chi connectivity index (χ1n) is 9.98. The summed E-state index contributed by atoms with van der Waals surface area (Å²) in [6, 6.07) is 20.9. The Hall–Kier alpha value is -2.13. The third kappa shape index (κ3) is 4.95. The fraction of sp³-hybridized carbons (Fsp3) is 0.435. The molecule has 1 saturated heterocycles. The topological polar surface area (TPSA) is 33.5 Å². The number of carbonyl (C=O) groups is 1. The minimum Gasteiger partial charge on any atom is -0.355 e. The van der Waals surface area contributed by atoms with E-state index in [-0.39, 0.29) is 11.8 Å². The molecule has 2 aromatic carbocycles. The normalized spacial score (nSPS) is 20.1. The summed E-state index contributed by atoms with van der Waals surface area (Å²) < 4.78 is 0. The van der Waals surface area contributed by atoms with Crippen LogP contribution in [0.2, 0.25) is 0 Å². The van der Waals surface area contributed by atoms with E-state index in [0.717, 1.165) is 36.7 Å². The van der Waals surface area contributed by atoms with Gasteiger partial charge < -0.3 is 10.2 Å². The van der Waals surface area contributed by atoms with Crippen LogP contribution in [0.25, 0.3) is 0 Å². The summed E-state index contributed by atoms with van der Waals surface area (Å²) in [5.74, 6) is -0.136. The second kappa shape index (κ2) is 9.54. The van der Waals surface area contributed by atoms with Crippen LogP contribution in [0, 0.1) is 0 Å². The highest BCUT2D eigenvalue weighted by molar-refractivity contribution is 5.87. The highest BCUT2D eigenvalue weighted by Crippen LogP contribution is 2.24. The van der Waals surface area contributed by atoms with Crippen LogP contribution in [0.1, 0.15) is 49.7 Å². The fourth-order valence-electron chi connectivity index (χ4n) is 4.04. The fourth-order valence-corrected chi connectivity index (χ4v) is 4.04. The van der Waals surface area contributed by atoms with Crippen molar-refractivity contribution in [2.45, 2.75) is 44.6 Å². The smallest absolute Gasteiger partial charge is 0.232 e. The SMILES string of the molecule is C[C@H]1CCCC[NH+]1CCCNC(=O)C(c1ccccc1)c1ccccc1. The lowest BCUT2D eigenvalue weighted by atomic mass is 9.90. The maximum atomic E-state index is 12.9. The van der Waals surface area contributed by atoms with Crippen LogP contribution < -0.4 is 10.2 Å². The molecular weight excluding hydrogens is 320 g/mol. The number of nitrogens with one attached hydrogen (secondary N) is 2. The van der Waals surface area contributed by atoms with Crippen molar-refractivity contribution in [3.05, 3.63) is 71.8 Å². The number of carbonyl (C=O) groups excluding carboxylic acids is 1. The van der Waals surface area contributed by atoms with Gasteiger partial charge in [-0.1, -0.05) is 60.7 Å². The van der Waals surface area contributed by atoms with Crippen molar-refractivity contribution in [1.29, 1.82) is 0 Å². The Morgan fingerprint density at radius 2 is 1.65 bits per heavy atom. The number of rotatable bonds is 7. The molecule has 1 fully saturated rings. The number of amides is 1. The van der Waals surface area contributed by atoms with Crippen LogP contribution in [0.5, 0.6) is 0 Å². The maximum Gasteiger partial charge on any atom is 0.232 e. The lowest BCUT2D eigenvalue weighted by Crippen LogP contribution is -3.16. The van der Waals surface area contributed by atoms with Crippen LogP contribution in [0.4, 0.5) is 0 Å². The van der Waals surface area contributed by atoms with Crippen molar-refractivity contribution in [1.82, 2.24) is 5.32 Å². The largest absolute Gasteiger partial charge is 0.355 e. The predicted octanol–water partition coefficient (Wildman–Crippen LogP) is 2.78.